The topological polar surface area (TPSA) is 73.0 Å². The van der Waals surface area contributed by atoms with Crippen molar-refractivity contribution in [2.75, 3.05) is 11.1 Å². The number of aromatic nitrogens is 3. The number of nitrogens with zero attached hydrogens (tertiary/aromatic N) is 3. The van der Waals surface area contributed by atoms with Crippen LogP contribution < -0.4 is 5.32 Å². The van der Waals surface area contributed by atoms with Gasteiger partial charge in [-0.3, -0.25) is 9.36 Å². The fraction of sp³-hybridized carbons (Fsp3) is 0.136. The average Bonchev–Trinajstić information content (AvgIpc) is 3.39. The van der Waals surface area contributed by atoms with Crippen LogP contribution in [0.4, 0.5) is 5.69 Å². The van der Waals surface area contributed by atoms with Crippen molar-refractivity contribution in [2.45, 2.75) is 19.0 Å². The number of furan rings is 1. The summed E-state index contributed by atoms with van der Waals surface area (Å²) in [5, 5.41) is 12.1. The van der Waals surface area contributed by atoms with Crippen LogP contribution in [0, 0.1) is 13.8 Å². The van der Waals surface area contributed by atoms with Crippen LogP contribution in [0.3, 0.4) is 0 Å². The molecule has 4 rings (SSSR count). The van der Waals surface area contributed by atoms with Crippen LogP contribution in [-0.2, 0) is 4.79 Å². The van der Waals surface area contributed by atoms with Crippen molar-refractivity contribution in [1.29, 1.82) is 0 Å². The van der Waals surface area contributed by atoms with Crippen LogP contribution in [0.15, 0.2) is 76.5 Å². The normalized spacial score (nSPS) is 10.8. The first-order valence-corrected chi connectivity index (χ1v) is 10.1. The van der Waals surface area contributed by atoms with E-state index < -0.39 is 0 Å². The maximum absolute atomic E-state index is 12.5. The van der Waals surface area contributed by atoms with Crippen LogP contribution in [0.25, 0.3) is 17.3 Å². The Labute approximate surface area is 173 Å². The standard InChI is InChI=1S/C22H20N4O2S/c1-15-10-11-17(13-16(15)2)23-20(27)14-29-22-25-24-21(19-9-6-12-28-19)26(22)18-7-4-3-5-8-18/h3-13H,14H2,1-2H3,(H,23,27). The van der Waals surface area contributed by atoms with Gasteiger partial charge in [-0.25, -0.2) is 0 Å². The molecule has 7 heteroatoms. The summed E-state index contributed by atoms with van der Waals surface area (Å²) in [5.41, 5.74) is 4.03. The van der Waals surface area contributed by atoms with E-state index in [1.165, 1.54) is 17.3 Å². The Balaban J connectivity index is 1.54. The zero-order valence-corrected chi connectivity index (χ0v) is 16.9. The van der Waals surface area contributed by atoms with Crippen molar-refractivity contribution in [3.05, 3.63) is 78.1 Å². The Morgan fingerprint density at radius 3 is 2.59 bits per heavy atom. The lowest BCUT2D eigenvalue weighted by atomic mass is 10.1. The number of para-hydroxylation sites is 1. The number of rotatable bonds is 6. The molecule has 2 aromatic carbocycles. The van der Waals surface area contributed by atoms with E-state index in [1.807, 2.05) is 79.1 Å². The first-order valence-electron chi connectivity index (χ1n) is 9.16. The summed E-state index contributed by atoms with van der Waals surface area (Å²) in [6, 6.07) is 19.3. The summed E-state index contributed by atoms with van der Waals surface area (Å²) in [5.74, 6) is 1.34. The van der Waals surface area contributed by atoms with Gasteiger partial charge in [0.05, 0.1) is 12.0 Å². The van der Waals surface area contributed by atoms with E-state index in [9.17, 15) is 4.79 Å². The number of thioether (sulfide) groups is 1. The van der Waals surface area contributed by atoms with Crippen molar-refractivity contribution in [1.82, 2.24) is 14.8 Å². The molecule has 0 aliphatic rings. The summed E-state index contributed by atoms with van der Waals surface area (Å²) < 4.78 is 7.40. The molecule has 6 nitrogen and oxygen atoms in total. The number of amides is 1. The molecule has 0 saturated carbocycles. The monoisotopic (exact) mass is 404 g/mol. The third-order valence-electron chi connectivity index (χ3n) is 4.51. The van der Waals surface area contributed by atoms with E-state index in [1.54, 1.807) is 6.26 Å². The van der Waals surface area contributed by atoms with Gasteiger partial charge in [-0.2, -0.15) is 0 Å². The van der Waals surface area contributed by atoms with Gasteiger partial charge in [-0.15, -0.1) is 10.2 Å². The zero-order chi connectivity index (χ0) is 20.2. The van der Waals surface area contributed by atoms with Crippen LogP contribution in [0.1, 0.15) is 11.1 Å². The number of nitrogens with one attached hydrogen (secondary N) is 1. The minimum atomic E-state index is -0.0968. The third kappa shape index (κ3) is 4.25. The Morgan fingerprint density at radius 2 is 1.86 bits per heavy atom. The van der Waals surface area contributed by atoms with E-state index in [2.05, 4.69) is 15.5 Å². The molecule has 0 spiro atoms. The van der Waals surface area contributed by atoms with E-state index >= 15 is 0 Å². The number of carbonyl (C=O) groups excluding carboxylic acids is 1. The van der Waals surface area contributed by atoms with Gasteiger partial charge in [0.25, 0.3) is 0 Å². The fourth-order valence-electron chi connectivity index (χ4n) is 2.88. The van der Waals surface area contributed by atoms with Gasteiger partial charge in [0.2, 0.25) is 11.7 Å². The van der Waals surface area contributed by atoms with E-state index in [4.69, 9.17) is 4.42 Å². The van der Waals surface area contributed by atoms with Crippen molar-refractivity contribution in [3.8, 4) is 17.3 Å². The molecule has 4 aromatic rings. The van der Waals surface area contributed by atoms with E-state index in [0.29, 0.717) is 16.7 Å². The first kappa shape index (κ1) is 19.0. The number of benzene rings is 2. The number of carbonyl (C=O) groups is 1. The van der Waals surface area contributed by atoms with Gasteiger partial charge in [-0.05, 0) is 61.4 Å². The molecule has 0 unspecified atom stereocenters. The van der Waals surface area contributed by atoms with Gasteiger partial charge in [-0.1, -0.05) is 36.0 Å². The minimum absolute atomic E-state index is 0.0968. The molecule has 0 bridgehead atoms. The molecule has 0 fully saturated rings. The Kier molecular flexibility index (Phi) is 5.48. The van der Waals surface area contributed by atoms with Gasteiger partial charge >= 0.3 is 0 Å². The van der Waals surface area contributed by atoms with Crippen LogP contribution in [0.2, 0.25) is 0 Å². The highest BCUT2D eigenvalue weighted by molar-refractivity contribution is 7.99. The van der Waals surface area contributed by atoms with E-state index in [0.717, 1.165) is 16.9 Å². The molecule has 0 atom stereocenters. The Bertz CT molecular complexity index is 1120. The number of anilines is 1. The average molecular weight is 404 g/mol. The van der Waals surface area contributed by atoms with Gasteiger partial charge in [0.1, 0.15) is 0 Å². The predicted octanol–water partition coefficient (Wildman–Crippen LogP) is 4.87. The molecule has 146 valence electrons. The molecule has 0 aliphatic heterocycles. The van der Waals surface area contributed by atoms with Gasteiger partial charge in [0.15, 0.2) is 10.9 Å². The zero-order valence-electron chi connectivity index (χ0n) is 16.1. The molecule has 2 aromatic heterocycles. The molecule has 0 saturated heterocycles. The summed E-state index contributed by atoms with van der Waals surface area (Å²) in [4.78, 5) is 12.5. The highest BCUT2D eigenvalue weighted by atomic mass is 32.2. The predicted molar refractivity (Wildman–Crippen MR) is 114 cm³/mol. The molecular weight excluding hydrogens is 384 g/mol. The number of aryl methyl sites for hydroxylation is 2. The SMILES string of the molecule is Cc1ccc(NC(=O)CSc2nnc(-c3ccco3)n2-c2ccccc2)cc1C. The lowest BCUT2D eigenvalue weighted by molar-refractivity contribution is -0.113. The van der Waals surface area contributed by atoms with Crippen LogP contribution >= 0.6 is 11.8 Å². The van der Waals surface area contributed by atoms with E-state index in [-0.39, 0.29) is 11.7 Å². The smallest absolute Gasteiger partial charge is 0.234 e. The molecule has 0 aliphatic carbocycles. The summed E-state index contributed by atoms with van der Waals surface area (Å²) in [6.07, 6.45) is 1.60. The molecule has 29 heavy (non-hydrogen) atoms. The second-order valence-electron chi connectivity index (χ2n) is 6.59. The second kappa shape index (κ2) is 8.36. The molecule has 1 N–H and O–H groups in total. The first-order chi connectivity index (χ1) is 14.1. The fourth-order valence-corrected chi connectivity index (χ4v) is 3.64. The maximum atomic E-state index is 12.5. The number of hydrogen-bond acceptors (Lipinski definition) is 5. The highest BCUT2D eigenvalue weighted by Crippen LogP contribution is 2.28. The molecule has 1 amide bonds. The van der Waals surface area contributed by atoms with Gasteiger partial charge < -0.3 is 9.73 Å². The quantitative estimate of drug-likeness (QED) is 0.464. The summed E-state index contributed by atoms with van der Waals surface area (Å²) >= 11 is 1.33. The molecular formula is C22H20N4O2S. The second-order valence-corrected chi connectivity index (χ2v) is 7.53. The van der Waals surface area contributed by atoms with Crippen molar-refractivity contribution in [2.24, 2.45) is 0 Å². The Hall–Kier alpha value is -3.32. The molecule has 0 radical (unpaired) electrons. The maximum Gasteiger partial charge on any atom is 0.234 e. The molecule has 2 heterocycles. The summed E-state index contributed by atoms with van der Waals surface area (Å²) in [6.45, 7) is 4.07. The van der Waals surface area contributed by atoms with Gasteiger partial charge in [0, 0.05) is 11.4 Å². The Morgan fingerprint density at radius 1 is 1.03 bits per heavy atom. The third-order valence-corrected chi connectivity index (χ3v) is 5.44. The summed E-state index contributed by atoms with van der Waals surface area (Å²) in [7, 11) is 0. The van der Waals surface area contributed by atoms with Crippen molar-refractivity contribution in [3.63, 3.8) is 0 Å². The minimum Gasteiger partial charge on any atom is -0.461 e. The highest BCUT2D eigenvalue weighted by Gasteiger charge is 2.18. The van der Waals surface area contributed by atoms with Crippen LogP contribution in [0.5, 0.6) is 0 Å². The number of hydrogen-bond donors (Lipinski definition) is 1. The van der Waals surface area contributed by atoms with Crippen molar-refractivity contribution >= 4 is 23.4 Å². The lowest BCUT2D eigenvalue weighted by Crippen LogP contribution is -2.14. The largest absolute Gasteiger partial charge is 0.461 e. The lowest BCUT2D eigenvalue weighted by Gasteiger charge is -2.10. The van der Waals surface area contributed by atoms with Crippen molar-refractivity contribution < 1.29 is 9.21 Å². The van der Waals surface area contributed by atoms with Crippen LogP contribution in [-0.4, -0.2) is 26.4 Å².